The minimum absolute atomic E-state index is 0. The zero-order valence-electron chi connectivity index (χ0n) is 12.4. The molecule has 0 aromatic heterocycles. The van der Waals surface area contributed by atoms with Gasteiger partial charge < -0.3 is 15.5 Å². The van der Waals surface area contributed by atoms with E-state index in [4.69, 9.17) is 0 Å². The molecule has 0 aliphatic heterocycles. The molecule has 0 bridgehead atoms. The maximum atomic E-state index is 4.16. The van der Waals surface area contributed by atoms with Gasteiger partial charge in [-0.2, -0.15) is 0 Å². The monoisotopic (exact) mass is 368 g/mol. The highest BCUT2D eigenvalue weighted by Crippen LogP contribution is 2.07. The zero-order chi connectivity index (χ0) is 13.3. The van der Waals surface area contributed by atoms with Crippen molar-refractivity contribution in [3.8, 4) is 0 Å². The van der Waals surface area contributed by atoms with Gasteiger partial charge in [-0.05, 0) is 26.4 Å². The third kappa shape index (κ3) is 9.70. The average molecular weight is 368 g/mol. The fourth-order valence-corrected chi connectivity index (χ4v) is 1.62. The van der Waals surface area contributed by atoms with E-state index in [1.807, 2.05) is 6.08 Å². The predicted octanol–water partition coefficient (Wildman–Crippen LogP) is 1.93. The maximum absolute atomic E-state index is 4.16. The average Bonchev–Trinajstić information content (AvgIpc) is 2.26. The van der Waals surface area contributed by atoms with E-state index in [0.29, 0.717) is 12.0 Å². The summed E-state index contributed by atoms with van der Waals surface area (Å²) in [7, 11) is 6.02. The molecule has 5 heteroatoms. The van der Waals surface area contributed by atoms with Gasteiger partial charge in [0.2, 0.25) is 0 Å². The lowest BCUT2D eigenvalue weighted by Crippen LogP contribution is -2.45. The van der Waals surface area contributed by atoms with Crippen LogP contribution >= 0.6 is 24.0 Å². The van der Waals surface area contributed by atoms with Gasteiger partial charge in [0.25, 0.3) is 0 Å². The number of guanidine groups is 1. The molecular formula is C13H29IN4. The summed E-state index contributed by atoms with van der Waals surface area (Å²) >= 11 is 0. The van der Waals surface area contributed by atoms with E-state index in [-0.39, 0.29) is 24.0 Å². The molecule has 108 valence electrons. The number of rotatable bonds is 7. The first-order valence-corrected chi connectivity index (χ1v) is 6.23. The van der Waals surface area contributed by atoms with Gasteiger partial charge in [0.1, 0.15) is 0 Å². The molecule has 0 fully saturated rings. The van der Waals surface area contributed by atoms with Crippen LogP contribution in [0.3, 0.4) is 0 Å². The van der Waals surface area contributed by atoms with Crippen LogP contribution in [0.4, 0.5) is 0 Å². The van der Waals surface area contributed by atoms with Gasteiger partial charge in [0, 0.05) is 26.2 Å². The highest BCUT2D eigenvalue weighted by molar-refractivity contribution is 14.0. The third-order valence-corrected chi connectivity index (χ3v) is 2.62. The van der Waals surface area contributed by atoms with Crippen molar-refractivity contribution in [1.82, 2.24) is 15.5 Å². The second-order valence-electron chi connectivity index (χ2n) is 4.87. The molecule has 1 unspecified atom stereocenters. The Labute approximate surface area is 129 Å². The van der Waals surface area contributed by atoms with Crippen LogP contribution in [-0.4, -0.2) is 51.1 Å². The van der Waals surface area contributed by atoms with Gasteiger partial charge in [0.05, 0.1) is 0 Å². The second-order valence-corrected chi connectivity index (χ2v) is 4.87. The van der Waals surface area contributed by atoms with Gasteiger partial charge in [-0.25, -0.2) is 0 Å². The lowest BCUT2D eigenvalue weighted by atomic mass is 10.0. The van der Waals surface area contributed by atoms with Crippen LogP contribution in [0.5, 0.6) is 0 Å². The minimum atomic E-state index is 0. The molecule has 1 atom stereocenters. The molecule has 4 nitrogen and oxygen atoms in total. The second kappa shape index (κ2) is 11.8. The predicted molar refractivity (Wildman–Crippen MR) is 91.9 cm³/mol. The first-order valence-electron chi connectivity index (χ1n) is 6.23. The number of nitrogens with zero attached hydrogens (tertiary/aromatic N) is 2. The smallest absolute Gasteiger partial charge is 0.191 e. The number of hydrogen-bond acceptors (Lipinski definition) is 2. The molecule has 0 spiro atoms. The van der Waals surface area contributed by atoms with E-state index in [0.717, 1.165) is 19.0 Å². The van der Waals surface area contributed by atoms with Gasteiger partial charge in [-0.1, -0.05) is 19.9 Å². The number of likely N-dealkylation sites (N-methyl/N-ethyl adjacent to an activating group) is 1. The largest absolute Gasteiger partial charge is 0.355 e. The Bertz CT molecular complexity index is 239. The van der Waals surface area contributed by atoms with Crippen LogP contribution in [0, 0.1) is 5.92 Å². The molecular weight excluding hydrogens is 339 g/mol. The van der Waals surface area contributed by atoms with E-state index in [2.05, 4.69) is 55.0 Å². The van der Waals surface area contributed by atoms with E-state index in [1.54, 1.807) is 7.05 Å². The number of hydrogen-bond donors (Lipinski definition) is 2. The van der Waals surface area contributed by atoms with Crippen LogP contribution in [-0.2, 0) is 0 Å². The Morgan fingerprint density at radius 3 is 2.33 bits per heavy atom. The van der Waals surface area contributed by atoms with Gasteiger partial charge in [-0.3, -0.25) is 4.99 Å². The van der Waals surface area contributed by atoms with Crippen LogP contribution < -0.4 is 10.6 Å². The van der Waals surface area contributed by atoms with Crippen LogP contribution in [0.2, 0.25) is 0 Å². The lowest BCUT2D eigenvalue weighted by Gasteiger charge is -2.27. The van der Waals surface area contributed by atoms with Crippen molar-refractivity contribution < 1.29 is 0 Å². The summed E-state index contributed by atoms with van der Waals surface area (Å²) in [5.74, 6) is 1.54. The van der Waals surface area contributed by atoms with Crippen LogP contribution in [0.1, 0.15) is 20.3 Å². The topological polar surface area (TPSA) is 39.7 Å². The van der Waals surface area contributed by atoms with Gasteiger partial charge in [0.15, 0.2) is 5.96 Å². The van der Waals surface area contributed by atoms with Crippen molar-refractivity contribution in [2.45, 2.75) is 26.3 Å². The van der Waals surface area contributed by atoms with Crippen LogP contribution in [0.15, 0.2) is 17.6 Å². The Morgan fingerprint density at radius 2 is 1.94 bits per heavy atom. The summed E-state index contributed by atoms with van der Waals surface area (Å²) in [4.78, 5) is 6.42. The molecule has 0 saturated heterocycles. The summed E-state index contributed by atoms with van der Waals surface area (Å²) in [6, 6.07) is 0.525. The van der Waals surface area contributed by atoms with E-state index >= 15 is 0 Å². The van der Waals surface area contributed by atoms with Crippen molar-refractivity contribution in [2.75, 3.05) is 34.2 Å². The standard InChI is InChI=1S/C13H28N4.HI/c1-7-8-15-13(14-4)16-10-12(17(5)6)9-11(2)3;/h7,11-12H,1,8-10H2,2-6H3,(H2,14,15,16);1H. The molecule has 0 saturated carbocycles. The van der Waals surface area contributed by atoms with E-state index in [1.165, 1.54) is 6.42 Å². The first kappa shape index (κ1) is 20.0. The lowest BCUT2D eigenvalue weighted by molar-refractivity contribution is 0.254. The molecule has 0 rings (SSSR count). The number of aliphatic imine (C=N–C) groups is 1. The van der Waals surface area contributed by atoms with Crippen molar-refractivity contribution >= 4 is 29.9 Å². The fraction of sp³-hybridized carbons (Fsp3) is 0.769. The zero-order valence-corrected chi connectivity index (χ0v) is 14.7. The van der Waals surface area contributed by atoms with Crippen LogP contribution in [0.25, 0.3) is 0 Å². The molecule has 0 aliphatic rings. The maximum Gasteiger partial charge on any atom is 0.191 e. The van der Waals surface area contributed by atoms with Gasteiger partial charge >= 0.3 is 0 Å². The minimum Gasteiger partial charge on any atom is -0.355 e. The van der Waals surface area contributed by atoms with Crippen molar-refractivity contribution in [2.24, 2.45) is 10.9 Å². The molecule has 0 heterocycles. The molecule has 0 aromatic rings. The summed E-state index contributed by atoms with van der Waals surface area (Å²) in [6.45, 7) is 9.82. The molecule has 18 heavy (non-hydrogen) atoms. The molecule has 0 aromatic carbocycles. The Kier molecular flexibility index (Phi) is 13.1. The molecule has 0 radical (unpaired) electrons. The van der Waals surface area contributed by atoms with Crippen molar-refractivity contribution in [3.05, 3.63) is 12.7 Å². The SMILES string of the molecule is C=CCNC(=NC)NCC(CC(C)C)N(C)C.I. The number of nitrogens with one attached hydrogen (secondary N) is 2. The quantitative estimate of drug-likeness (QED) is 0.312. The molecule has 0 amide bonds. The molecule has 0 aliphatic carbocycles. The van der Waals surface area contributed by atoms with Gasteiger partial charge in [-0.15, -0.1) is 30.6 Å². The summed E-state index contributed by atoms with van der Waals surface area (Å²) in [5.41, 5.74) is 0. The first-order chi connectivity index (χ1) is 8.01. The summed E-state index contributed by atoms with van der Waals surface area (Å²) in [6.07, 6.45) is 3.00. The number of halogens is 1. The molecule has 2 N–H and O–H groups in total. The highest BCUT2D eigenvalue weighted by atomic mass is 127. The third-order valence-electron chi connectivity index (χ3n) is 2.62. The van der Waals surface area contributed by atoms with E-state index in [9.17, 15) is 0 Å². The summed E-state index contributed by atoms with van der Waals surface area (Å²) in [5, 5.41) is 6.51. The normalized spacial score (nSPS) is 13.2. The fourth-order valence-electron chi connectivity index (χ4n) is 1.62. The Balaban J connectivity index is 0. The van der Waals surface area contributed by atoms with Crippen molar-refractivity contribution in [3.63, 3.8) is 0 Å². The summed E-state index contributed by atoms with van der Waals surface area (Å²) < 4.78 is 0. The Morgan fingerprint density at radius 1 is 1.33 bits per heavy atom. The van der Waals surface area contributed by atoms with Crippen molar-refractivity contribution in [1.29, 1.82) is 0 Å². The highest BCUT2D eigenvalue weighted by Gasteiger charge is 2.13. The van der Waals surface area contributed by atoms with E-state index < -0.39 is 0 Å². The Hall–Kier alpha value is -0.300.